The van der Waals surface area contributed by atoms with Crippen molar-refractivity contribution in [2.24, 2.45) is 0 Å². The zero-order valence-electron chi connectivity index (χ0n) is 7.31. The number of fused-ring (bicyclic) bond motifs is 1. The van der Waals surface area contributed by atoms with E-state index in [1.54, 1.807) is 6.07 Å². The molecule has 0 unspecified atom stereocenters. The first-order valence-corrected chi connectivity index (χ1v) is 5.55. The lowest BCUT2D eigenvalue weighted by atomic mass is 10.1. The molecule has 0 fully saturated rings. The highest BCUT2D eigenvalue weighted by molar-refractivity contribution is 9.10. The Morgan fingerprint density at radius 2 is 2.00 bits per heavy atom. The summed E-state index contributed by atoms with van der Waals surface area (Å²) in [5.74, 6) is 0. The number of rotatable bonds is 0. The number of halogens is 3. The van der Waals surface area contributed by atoms with Gasteiger partial charge in [0.1, 0.15) is 5.15 Å². The lowest BCUT2D eigenvalue weighted by Crippen LogP contribution is -1.86. The van der Waals surface area contributed by atoms with Gasteiger partial charge in [-0.05, 0) is 40.5 Å². The first-order chi connectivity index (χ1) is 6.59. The minimum Gasteiger partial charge on any atom is -0.235 e. The van der Waals surface area contributed by atoms with Crippen molar-refractivity contribution >= 4 is 50.0 Å². The summed E-state index contributed by atoms with van der Waals surface area (Å²) in [5.41, 5.74) is 1.90. The first-order valence-electron chi connectivity index (χ1n) is 4.00. The Morgan fingerprint density at radius 1 is 1.29 bits per heavy atom. The van der Waals surface area contributed by atoms with Crippen molar-refractivity contribution in [3.05, 3.63) is 38.4 Å². The summed E-state index contributed by atoms with van der Waals surface area (Å²) < 4.78 is 0.905. The van der Waals surface area contributed by atoms with Crippen molar-refractivity contribution in [1.82, 2.24) is 4.98 Å². The SMILES string of the molecule is Cc1ccc(Br)c2nc(Cl)cc(Cl)c12. The van der Waals surface area contributed by atoms with Gasteiger partial charge in [0, 0.05) is 9.86 Å². The molecule has 2 rings (SSSR count). The van der Waals surface area contributed by atoms with Gasteiger partial charge in [-0.2, -0.15) is 0 Å². The number of aromatic nitrogens is 1. The monoisotopic (exact) mass is 289 g/mol. The van der Waals surface area contributed by atoms with Crippen LogP contribution in [-0.4, -0.2) is 4.98 Å². The van der Waals surface area contributed by atoms with Crippen molar-refractivity contribution in [1.29, 1.82) is 0 Å². The standard InChI is InChI=1S/C10H6BrCl2N/c1-5-2-3-6(11)10-9(5)7(12)4-8(13)14-10/h2-4H,1H3. The van der Waals surface area contributed by atoms with Crippen LogP contribution in [0.15, 0.2) is 22.7 Å². The van der Waals surface area contributed by atoms with Crippen LogP contribution in [0.3, 0.4) is 0 Å². The van der Waals surface area contributed by atoms with Gasteiger partial charge in [0.15, 0.2) is 0 Å². The van der Waals surface area contributed by atoms with E-state index in [-0.39, 0.29) is 0 Å². The summed E-state index contributed by atoms with van der Waals surface area (Å²) in [6.45, 7) is 2.00. The molecule has 0 bridgehead atoms. The van der Waals surface area contributed by atoms with Gasteiger partial charge in [-0.25, -0.2) is 4.98 Å². The third-order valence-corrected chi connectivity index (χ3v) is 3.17. The Labute approximate surface area is 100 Å². The normalized spacial score (nSPS) is 10.9. The number of hydrogen-bond donors (Lipinski definition) is 0. The van der Waals surface area contributed by atoms with Crippen LogP contribution in [-0.2, 0) is 0 Å². The predicted octanol–water partition coefficient (Wildman–Crippen LogP) is 4.61. The second-order valence-corrected chi connectivity index (χ2v) is 4.66. The average Bonchev–Trinajstić information content (AvgIpc) is 2.10. The number of nitrogens with zero attached hydrogens (tertiary/aromatic N) is 1. The van der Waals surface area contributed by atoms with Gasteiger partial charge in [-0.15, -0.1) is 0 Å². The number of hydrogen-bond acceptors (Lipinski definition) is 1. The lowest BCUT2D eigenvalue weighted by Gasteiger charge is -2.05. The Balaban J connectivity index is 3.00. The van der Waals surface area contributed by atoms with Crippen LogP contribution in [0.5, 0.6) is 0 Å². The number of aryl methyl sites for hydroxylation is 1. The zero-order chi connectivity index (χ0) is 10.3. The van der Waals surface area contributed by atoms with Crippen LogP contribution >= 0.6 is 39.1 Å². The second kappa shape index (κ2) is 3.69. The number of benzene rings is 1. The molecule has 0 aliphatic carbocycles. The quantitative estimate of drug-likeness (QED) is 0.646. The predicted molar refractivity (Wildman–Crippen MR) is 64.2 cm³/mol. The molecule has 0 amide bonds. The molecule has 1 nitrogen and oxygen atoms in total. The molecule has 0 N–H and O–H groups in total. The molecule has 0 spiro atoms. The van der Waals surface area contributed by atoms with Gasteiger partial charge in [0.05, 0.1) is 10.5 Å². The summed E-state index contributed by atoms with van der Waals surface area (Å²) in [6.07, 6.45) is 0. The highest BCUT2D eigenvalue weighted by Crippen LogP contribution is 2.32. The molecule has 0 aliphatic heterocycles. The maximum Gasteiger partial charge on any atom is 0.131 e. The van der Waals surface area contributed by atoms with Gasteiger partial charge >= 0.3 is 0 Å². The summed E-state index contributed by atoms with van der Waals surface area (Å²) in [7, 11) is 0. The molecule has 2 aromatic rings. The van der Waals surface area contributed by atoms with Gasteiger partial charge in [0.2, 0.25) is 0 Å². The average molecular weight is 291 g/mol. The van der Waals surface area contributed by atoms with Gasteiger partial charge in [-0.3, -0.25) is 0 Å². The van der Waals surface area contributed by atoms with Crippen LogP contribution in [0, 0.1) is 6.92 Å². The topological polar surface area (TPSA) is 12.9 Å². The molecule has 4 heteroatoms. The molecular formula is C10H6BrCl2N. The molecule has 0 atom stereocenters. The van der Waals surface area contributed by atoms with E-state index in [2.05, 4.69) is 20.9 Å². The summed E-state index contributed by atoms with van der Waals surface area (Å²) in [5, 5.41) is 2.00. The minimum atomic E-state index is 0.411. The molecule has 1 aromatic heterocycles. The lowest BCUT2D eigenvalue weighted by molar-refractivity contribution is 1.38. The molecular weight excluding hydrogens is 285 g/mol. The summed E-state index contributed by atoms with van der Waals surface area (Å²) in [4.78, 5) is 4.23. The number of pyridine rings is 1. The molecule has 0 saturated carbocycles. The summed E-state index contributed by atoms with van der Waals surface area (Å²) in [6, 6.07) is 5.59. The largest absolute Gasteiger partial charge is 0.235 e. The highest BCUT2D eigenvalue weighted by Gasteiger charge is 2.08. The van der Waals surface area contributed by atoms with Crippen molar-refractivity contribution in [2.75, 3.05) is 0 Å². The van der Waals surface area contributed by atoms with E-state index in [4.69, 9.17) is 23.2 Å². The van der Waals surface area contributed by atoms with Crippen molar-refractivity contribution in [2.45, 2.75) is 6.92 Å². The Hall–Kier alpha value is -0.310. The zero-order valence-corrected chi connectivity index (χ0v) is 10.4. The van der Waals surface area contributed by atoms with Crippen LogP contribution in [0.2, 0.25) is 10.2 Å². The second-order valence-electron chi connectivity index (χ2n) is 3.01. The van der Waals surface area contributed by atoms with Crippen molar-refractivity contribution < 1.29 is 0 Å². The molecule has 0 saturated heterocycles. The van der Waals surface area contributed by atoms with Crippen LogP contribution < -0.4 is 0 Å². The molecule has 0 aliphatic rings. The van der Waals surface area contributed by atoms with Gasteiger partial charge < -0.3 is 0 Å². The van der Waals surface area contributed by atoms with Crippen molar-refractivity contribution in [3.63, 3.8) is 0 Å². The van der Waals surface area contributed by atoms with E-state index in [0.29, 0.717) is 10.2 Å². The van der Waals surface area contributed by atoms with Gasteiger partial charge in [0.25, 0.3) is 0 Å². The fourth-order valence-corrected chi connectivity index (χ4v) is 2.40. The van der Waals surface area contributed by atoms with E-state index < -0.39 is 0 Å². The van der Waals surface area contributed by atoms with E-state index in [1.807, 2.05) is 19.1 Å². The van der Waals surface area contributed by atoms with E-state index in [1.165, 1.54) is 0 Å². The van der Waals surface area contributed by atoms with E-state index >= 15 is 0 Å². The van der Waals surface area contributed by atoms with Crippen molar-refractivity contribution in [3.8, 4) is 0 Å². The van der Waals surface area contributed by atoms with Gasteiger partial charge in [-0.1, -0.05) is 29.3 Å². The highest BCUT2D eigenvalue weighted by atomic mass is 79.9. The minimum absolute atomic E-state index is 0.411. The Morgan fingerprint density at radius 3 is 2.71 bits per heavy atom. The molecule has 14 heavy (non-hydrogen) atoms. The van der Waals surface area contributed by atoms with E-state index in [0.717, 1.165) is 20.9 Å². The molecule has 1 heterocycles. The molecule has 0 radical (unpaired) electrons. The van der Waals surface area contributed by atoms with Crippen LogP contribution in [0.4, 0.5) is 0 Å². The maximum absolute atomic E-state index is 6.09. The fraction of sp³-hybridized carbons (Fsp3) is 0.100. The third kappa shape index (κ3) is 1.62. The van der Waals surface area contributed by atoms with Crippen LogP contribution in [0.25, 0.3) is 10.9 Å². The molecule has 72 valence electrons. The Kier molecular flexibility index (Phi) is 2.69. The third-order valence-electron chi connectivity index (χ3n) is 2.04. The first kappa shape index (κ1) is 10.2. The summed E-state index contributed by atoms with van der Waals surface area (Å²) >= 11 is 15.3. The fourth-order valence-electron chi connectivity index (χ4n) is 1.39. The maximum atomic E-state index is 6.09. The Bertz CT molecular complexity index is 511. The molecule has 1 aromatic carbocycles. The van der Waals surface area contributed by atoms with Crippen LogP contribution in [0.1, 0.15) is 5.56 Å². The smallest absolute Gasteiger partial charge is 0.131 e. The van der Waals surface area contributed by atoms with E-state index in [9.17, 15) is 0 Å².